The first-order chi connectivity index (χ1) is 9.20. The number of ether oxygens (including phenoxy) is 2. The van der Waals surface area contributed by atoms with Gasteiger partial charge < -0.3 is 14.8 Å². The number of carbonyl (C=O) groups is 2. The van der Waals surface area contributed by atoms with Gasteiger partial charge in [0.1, 0.15) is 5.69 Å². The minimum Gasteiger partial charge on any atom is -0.465 e. The highest BCUT2D eigenvalue weighted by molar-refractivity contribution is 5.94. The van der Waals surface area contributed by atoms with Gasteiger partial charge in [0.25, 0.3) is 5.91 Å². The van der Waals surface area contributed by atoms with Crippen molar-refractivity contribution in [2.75, 3.05) is 20.3 Å². The lowest BCUT2D eigenvalue weighted by atomic mass is 10.1. The smallest absolute Gasteiger partial charge is 0.339 e. The number of esters is 1. The summed E-state index contributed by atoms with van der Waals surface area (Å²) in [6.07, 6.45) is 2.96. The molecule has 0 spiro atoms. The van der Waals surface area contributed by atoms with E-state index in [-0.39, 0.29) is 11.9 Å². The van der Waals surface area contributed by atoms with Crippen molar-refractivity contribution < 1.29 is 19.1 Å². The third-order valence-corrected chi connectivity index (χ3v) is 2.97. The summed E-state index contributed by atoms with van der Waals surface area (Å²) in [6, 6.07) is 3.17. The van der Waals surface area contributed by atoms with Gasteiger partial charge in [-0.3, -0.25) is 9.78 Å². The summed E-state index contributed by atoms with van der Waals surface area (Å²) in [5.74, 6) is -0.702. The van der Waals surface area contributed by atoms with Gasteiger partial charge in [0.2, 0.25) is 0 Å². The van der Waals surface area contributed by atoms with Crippen LogP contribution in [0.25, 0.3) is 0 Å². The van der Waals surface area contributed by atoms with Crippen LogP contribution in [0.3, 0.4) is 0 Å². The summed E-state index contributed by atoms with van der Waals surface area (Å²) < 4.78 is 9.79. The van der Waals surface area contributed by atoms with E-state index in [0.717, 1.165) is 12.8 Å². The molecule has 1 N–H and O–H groups in total. The highest BCUT2D eigenvalue weighted by atomic mass is 16.5. The molecule has 1 fully saturated rings. The maximum absolute atomic E-state index is 11.9. The monoisotopic (exact) mass is 264 g/mol. The number of nitrogens with one attached hydrogen (secondary N) is 1. The molecule has 2 rings (SSSR count). The maximum Gasteiger partial charge on any atom is 0.339 e. The van der Waals surface area contributed by atoms with E-state index in [2.05, 4.69) is 15.0 Å². The molecule has 0 bridgehead atoms. The Hall–Kier alpha value is -1.95. The zero-order valence-corrected chi connectivity index (χ0v) is 10.7. The molecule has 0 aromatic carbocycles. The molecule has 6 heteroatoms. The van der Waals surface area contributed by atoms with Crippen molar-refractivity contribution in [3.05, 3.63) is 29.6 Å². The fourth-order valence-corrected chi connectivity index (χ4v) is 1.87. The number of hydrogen-bond donors (Lipinski definition) is 1. The third kappa shape index (κ3) is 3.51. The van der Waals surface area contributed by atoms with E-state index in [4.69, 9.17) is 4.74 Å². The molecular formula is C13H16N2O4. The fourth-order valence-electron chi connectivity index (χ4n) is 1.87. The number of nitrogens with zero attached hydrogens (tertiary/aromatic N) is 1. The van der Waals surface area contributed by atoms with Gasteiger partial charge in [-0.2, -0.15) is 0 Å². The third-order valence-electron chi connectivity index (χ3n) is 2.97. The molecule has 6 nitrogen and oxygen atoms in total. The summed E-state index contributed by atoms with van der Waals surface area (Å²) in [7, 11) is 1.30. The largest absolute Gasteiger partial charge is 0.465 e. The summed E-state index contributed by atoms with van der Waals surface area (Å²) >= 11 is 0. The Morgan fingerprint density at radius 1 is 1.37 bits per heavy atom. The second kappa shape index (κ2) is 6.29. The summed E-state index contributed by atoms with van der Waals surface area (Å²) in [5.41, 5.74) is 0.615. The minimum atomic E-state index is -0.469. The molecular weight excluding hydrogens is 248 g/mol. The van der Waals surface area contributed by atoms with Crippen LogP contribution in [0.5, 0.6) is 0 Å². The number of pyridine rings is 1. The number of amides is 1. The predicted octanol–water partition coefficient (Wildman–Crippen LogP) is 0.777. The topological polar surface area (TPSA) is 77.5 Å². The molecule has 0 unspecified atom stereocenters. The molecule has 102 valence electrons. The Bertz CT molecular complexity index is 452. The van der Waals surface area contributed by atoms with Crippen LogP contribution in [-0.2, 0) is 9.47 Å². The normalized spacial score (nSPS) is 15.8. The molecule has 0 saturated carbocycles. The summed E-state index contributed by atoms with van der Waals surface area (Å²) in [4.78, 5) is 27.1. The lowest BCUT2D eigenvalue weighted by Gasteiger charge is -2.22. The highest BCUT2D eigenvalue weighted by Gasteiger charge is 2.18. The second-order valence-corrected chi connectivity index (χ2v) is 4.28. The van der Waals surface area contributed by atoms with Crippen LogP contribution in [0.2, 0.25) is 0 Å². The minimum absolute atomic E-state index is 0.128. The molecule has 1 saturated heterocycles. The SMILES string of the molecule is COC(=O)c1ccc(C(=O)NC2CCOCC2)nc1. The van der Waals surface area contributed by atoms with Crippen molar-refractivity contribution >= 4 is 11.9 Å². The van der Waals surface area contributed by atoms with E-state index in [9.17, 15) is 9.59 Å². The van der Waals surface area contributed by atoms with E-state index < -0.39 is 5.97 Å². The number of rotatable bonds is 3. The molecule has 1 aromatic heterocycles. The highest BCUT2D eigenvalue weighted by Crippen LogP contribution is 2.08. The van der Waals surface area contributed by atoms with Gasteiger partial charge in [0.15, 0.2) is 0 Å². The molecule has 0 atom stereocenters. The summed E-state index contributed by atoms with van der Waals surface area (Å²) in [5, 5.41) is 2.90. The second-order valence-electron chi connectivity index (χ2n) is 4.28. The Morgan fingerprint density at radius 2 is 2.11 bits per heavy atom. The first-order valence-electron chi connectivity index (χ1n) is 6.13. The number of carbonyl (C=O) groups excluding carboxylic acids is 2. The molecule has 1 aliphatic heterocycles. The van der Waals surface area contributed by atoms with Crippen LogP contribution in [0.4, 0.5) is 0 Å². The van der Waals surface area contributed by atoms with Crippen molar-refractivity contribution in [2.45, 2.75) is 18.9 Å². The van der Waals surface area contributed by atoms with Gasteiger partial charge in [0, 0.05) is 25.5 Å². The van der Waals surface area contributed by atoms with Crippen molar-refractivity contribution in [1.82, 2.24) is 10.3 Å². The first kappa shape index (κ1) is 13.5. The van der Waals surface area contributed by atoms with Gasteiger partial charge >= 0.3 is 5.97 Å². The number of hydrogen-bond acceptors (Lipinski definition) is 5. The van der Waals surface area contributed by atoms with E-state index in [1.165, 1.54) is 25.4 Å². The molecule has 19 heavy (non-hydrogen) atoms. The lowest BCUT2D eigenvalue weighted by Crippen LogP contribution is -2.39. The molecule has 0 radical (unpaired) electrons. The Kier molecular flexibility index (Phi) is 4.46. The van der Waals surface area contributed by atoms with Crippen molar-refractivity contribution in [3.63, 3.8) is 0 Å². The van der Waals surface area contributed by atoms with Crippen LogP contribution in [-0.4, -0.2) is 43.2 Å². The standard InChI is InChI=1S/C13H16N2O4/c1-18-13(17)9-2-3-11(14-8-9)12(16)15-10-4-6-19-7-5-10/h2-3,8,10H,4-7H2,1H3,(H,15,16). The van der Waals surface area contributed by atoms with Crippen LogP contribution < -0.4 is 5.32 Å². The molecule has 0 aliphatic carbocycles. The van der Waals surface area contributed by atoms with Crippen LogP contribution in [0, 0.1) is 0 Å². The van der Waals surface area contributed by atoms with Crippen molar-refractivity contribution in [1.29, 1.82) is 0 Å². The average Bonchev–Trinajstić information content (AvgIpc) is 2.47. The van der Waals surface area contributed by atoms with Gasteiger partial charge in [-0.15, -0.1) is 0 Å². The zero-order valence-electron chi connectivity index (χ0n) is 10.7. The van der Waals surface area contributed by atoms with E-state index in [0.29, 0.717) is 24.5 Å². The van der Waals surface area contributed by atoms with Crippen molar-refractivity contribution in [3.8, 4) is 0 Å². The van der Waals surface area contributed by atoms with Gasteiger partial charge in [-0.25, -0.2) is 4.79 Å². The lowest BCUT2D eigenvalue weighted by molar-refractivity contribution is 0.0598. The molecule has 1 aliphatic rings. The average molecular weight is 264 g/mol. The maximum atomic E-state index is 11.9. The van der Waals surface area contributed by atoms with E-state index in [1.807, 2.05) is 0 Å². The zero-order chi connectivity index (χ0) is 13.7. The quantitative estimate of drug-likeness (QED) is 0.816. The summed E-state index contributed by atoms with van der Waals surface area (Å²) in [6.45, 7) is 1.33. The van der Waals surface area contributed by atoms with E-state index in [1.54, 1.807) is 0 Å². The van der Waals surface area contributed by atoms with E-state index >= 15 is 0 Å². The Balaban J connectivity index is 1.97. The molecule has 2 heterocycles. The van der Waals surface area contributed by atoms with Gasteiger partial charge in [0.05, 0.1) is 12.7 Å². The number of aromatic nitrogens is 1. The fraction of sp³-hybridized carbons (Fsp3) is 0.462. The van der Waals surface area contributed by atoms with Gasteiger partial charge in [-0.05, 0) is 25.0 Å². The molecule has 1 aromatic rings. The molecule has 1 amide bonds. The Morgan fingerprint density at radius 3 is 2.68 bits per heavy atom. The van der Waals surface area contributed by atoms with Crippen LogP contribution in [0.15, 0.2) is 18.3 Å². The van der Waals surface area contributed by atoms with Crippen LogP contribution >= 0.6 is 0 Å². The van der Waals surface area contributed by atoms with Gasteiger partial charge in [-0.1, -0.05) is 0 Å². The van der Waals surface area contributed by atoms with Crippen LogP contribution in [0.1, 0.15) is 33.7 Å². The first-order valence-corrected chi connectivity index (χ1v) is 6.13. The number of methoxy groups -OCH3 is 1. The van der Waals surface area contributed by atoms with Crippen molar-refractivity contribution in [2.24, 2.45) is 0 Å². The predicted molar refractivity (Wildman–Crippen MR) is 66.9 cm³/mol. The Labute approximate surface area is 111 Å².